The van der Waals surface area contributed by atoms with Gasteiger partial charge in [0, 0.05) is 67.5 Å². The zero-order chi connectivity index (χ0) is 69.7. The molecule has 12 rings (SSSR count). The van der Waals surface area contributed by atoms with Gasteiger partial charge in [0.15, 0.2) is 29.2 Å². The highest BCUT2D eigenvalue weighted by atomic mass is 16.6. The van der Waals surface area contributed by atoms with Crippen LogP contribution in [0.4, 0.5) is 27.5 Å². The van der Waals surface area contributed by atoms with Crippen LogP contribution in [-0.2, 0) is 46.7 Å². The second-order valence-corrected chi connectivity index (χ2v) is 27.2. The molecule has 0 radical (unpaired) electrons. The Morgan fingerprint density at radius 1 is 0.657 bits per heavy atom. The summed E-state index contributed by atoms with van der Waals surface area (Å²) in [6.07, 6.45) is 4.99. The number of fused-ring (bicyclic) bond motifs is 6. The molecule has 2 saturated heterocycles. The number of carbonyl (C=O) groups excluding carboxylic acids is 9. The first-order valence-corrected chi connectivity index (χ1v) is 33.9. The summed E-state index contributed by atoms with van der Waals surface area (Å²) in [6.45, 7) is 6.45. The minimum atomic E-state index is -1.47. The number of amides is 9. The lowest BCUT2D eigenvalue weighted by Crippen LogP contribution is -2.55. The standard InChI is InChI=1S/C74H84N10O15/c1-44(2)66(80-64(87)39-77-63(86)38-76-62(85)23-24-65(88)81-40-49-15-8-7-13-47(49)19-20-48-14-9-10-16-55(48)81)68(90)78-45(3)67(89)79-50-21-17-46(18-22-50)41-99-72(94)84-56-34-61(59(96-5)32-53(56)70(92)83-43-74(27-28-74)36-57(83)71(84)93)98-30-12-6-11-29-97-60-33-54-52(31-58(60)95-4)69(91)82-42-73(25-26-73)35-51(82)37-75-54/h7-10,13-18,21-22,31-34,44-45,51,57,66,71,75,93H,6,11-12,23-30,35-43H2,1-5H3,(H,76,85)(H,77,86)(H,78,90)(H,79,89)(H,80,87)/t45-,51-,57-,66-,71+/m0/s1. The second-order valence-electron chi connectivity index (χ2n) is 27.2. The number of hydrogen-bond donors (Lipinski definition) is 7. The predicted molar refractivity (Wildman–Crippen MR) is 365 cm³/mol. The molecule has 2 saturated carbocycles. The third kappa shape index (κ3) is 15.5. The summed E-state index contributed by atoms with van der Waals surface area (Å²) in [5, 5.41) is 28.5. The predicted octanol–water partition coefficient (Wildman–Crippen LogP) is 6.77. The molecule has 5 atom stereocenters. The number of methoxy groups -OCH3 is 2. The zero-order valence-corrected chi connectivity index (χ0v) is 56.3. The fourth-order valence-electron chi connectivity index (χ4n) is 13.7. The maximum absolute atomic E-state index is 14.4. The lowest BCUT2D eigenvalue weighted by atomic mass is 10.0. The van der Waals surface area contributed by atoms with Gasteiger partial charge in [0.25, 0.3) is 11.8 Å². The highest BCUT2D eigenvalue weighted by Gasteiger charge is 2.58. The molecule has 0 unspecified atom stereocenters. The van der Waals surface area contributed by atoms with Crippen LogP contribution in [0.25, 0.3) is 0 Å². The van der Waals surface area contributed by atoms with E-state index < -0.39 is 79.0 Å². The van der Waals surface area contributed by atoms with Gasteiger partial charge in [0.2, 0.25) is 35.4 Å². The lowest BCUT2D eigenvalue weighted by molar-refractivity contribution is -0.132. The molecular formula is C74H84N10O15. The number of para-hydroxylation sites is 1. The Hall–Kier alpha value is -10.4. The Morgan fingerprint density at radius 3 is 1.99 bits per heavy atom. The fraction of sp³-hybridized carbons (Fsp3) is 0.446. The summed E-state index contributed by atoms with van der Waals surface area (Å²) in [5.41, 5.74) is 5.58. The number of ether oxygens (including phenoxy) is 5. The SMILES string of the molecule is COc1cc2c(cc1OCCCCCOc1cc3c(cc1OC)C(=O)N1CC4(CC4)C[C@H]1[C@@H](O)N3C(=O)OCc1ccc(NC(=O)[C@H](C)NC(=O)[C@@H](NC(=O)CNC(=O)CNC(=O)CCC(=O)N3Cc4ccccc4C#Cc4ccccc43)C(C)C)cc1)NC[C@@H]1CC3(CC3)CN1C2=O. The number of anilines is 4. The number of aliphatic hydroxyl groups excluding tert-OH is 1. The van der Waals surface area contributed by atoms with Gasteiger partial charge in [0.1, 0.15) is 18.7 Å². The summed E-state index contributed by atoms with van der Waals surface area (Å²) < 4.78 is 29.8. The van der Waals surface area contributed by atoms with Crippen molar-refractivity contribution >= 4 is 76.1 Å². The number of aliphatic hydroxyl groups is 1. The number of carbonyl (C=O) groups is 9. The second kappa shape index (κ2) is 29.4. The number of hydrogen-bond acceptors (Lipinski definition) is 16. The van der Waals surface area contributed by atoms with Crippen molar-refractivity contribution in [3.05, 3.63) is 130 Å². The average Bonchev–Trinajstić information content (AvgIpc) is 1.58. The van der Waals surface area contributed by atoms with E-state index in [-0.39, 0.29) is 84.5 Å². The summed E-state index contributed by atoms with van der Waals surface area (Å²) in [6, 6.07) is 25.2. The molecule has 2 aliphatic carbocycles. The number of nitrogens with one attached hydrogen (secondary N) is 6. The van der Waals surface area contributed by atoms with Crippen molar-refractivity contribution in [2.45, 2.75) is 135 Å². The minimum Gasteiger partial charge on any atom is -0.493 e. The minimum absolute atomic E-state index is 0.0190. The van der Waals surface area contributed by atoms with Gasteiger partial charge in [-0.3, -0.25) is 38.4 Å². The van der Waals surface area contributed by atoms with Gasteiger partial charge in [-0.15, -0.1) is 0 Å². The fourth-order valence-corrected chi connectivity index (χ4v) is 13.7. The highest BCUT2D eigenvalue weighted by molar-refractivity contribution is 6.06. The summed E-state index contributed by atoms with van der Waals surface area (Å²) in [7, 11) is 3.03. The van der Waals surface area contributed by atoms with Crippen LogP contribution >= 0.6 is 0 Å². The number of benzene rings is 5. The molecule has 7 aliphatic rings. The first-order valence-electron chi connectivity index (χ1n) is 33.9. The van der Waals surface area contributed by atoms with Crippen LogP contribution in [0, 0.1) is 28.6 Å². The van der Waals surface area contributed by atoms with E-state index in [1.165, 1.54) is 39.0 Å². The van der Waals surface area contributed by atoms with Gasteiger partial charge in [-0.2, -0.15) is 0 Å². The molecule has 5 heterocycles. The maximum Gasteiger partial charge on any atom is 0.416 e. The molecule has 99 heavy (non-hydrogen) atoms. The Labute approximate surface area is 574 Å². The zero-order valence-electron chi connectivity index (χ0n) is 56.3. The van der Waals surface area contributed by atoms with Crippen LogP contribution in [0.5, 0.6) is 23.0 Å². The summed E-state index contributed by atoms with van der Waals surface area (Å²) in [4.78, 5) is 128. The van der Waals surface area contributed by atoms with Crippen LogP contribution in [0.2, 0.25) is 0 Å². The Balaban J connectivity index is 0.589. The topological polar surface area (TPSA) is 305 Å². The van der Waals surface area contributed by atoms with Crippen LogP contribution in [0.15, 0.2) is 97.1 Å². The Bertz CT molecular complexity index is 4050. The molecule has 5 aromatic carbocycles. The third-order valence-electron chi connectivity index (χ3n) is 19.8. The molecule has 5 aliphatic heterocycles. The lowest BCUT2D eigenvalue weighted by Gasteiger charge is -2.31. The van der Waals surface area contributed by atoms with Crippen molar-refractivity contribution < 1.29 is 71.9 Å². The monoisotopic (exact) mass is 1350 g/mol. The number of unbranched alkanes of at least 4 members (excludes halogenated alkanes) is 2. The first kappa shape index (κ1) is 68.6. The van der Waals surface area contributed by atoms with E-state index >= 15 is 0 Å². The molecule has 2 spiro atoms. The van der Waals surface area contributed by atoms with Crippen molar-refractivity contribution in [1.82, 2.24) is 31.1 Å². The van der Waals surface area contributed by atoms with E-state index in [4.69, 9.17) is 23.7 Å². The number of nitrogens with zero attached hydrogens (tertiary/aromatic N) is 4. The van der Waals surface area contributed by atoms with Crippen molar-refractivity contribution in [3.8, 4) is 34.8 Å². The van der Waals surface area contributed by atoms with Gasteiger partial charge < -0.3 is 75.4 Å². The molecule has 520 valence electrons. The van der Waals surface area contributed by atoms with E-state index in [0.717, 1.165) is 53.9 Å². The third-order valence-corrected chi connectivity index (χ3v) is 19.8. The summed E-state index contributed by atoms with van der Waals surface area (Å²) >= 11 is 0. The summed E-state index contributed by atoms with van der Waals surface area (Å²) in [5.74, 6) is 3.65. The molecule has 4 fully saturated rings. The Morgan fingerprint density at radius 2 is 1.28 bits per heavy atom. The van der Waals surface area contributed by atoms with Crippen molar-refractivity contribution in [2.75, 3.05) is 80.6 Å². The Kier molecular flexibility index (Phi) is 20.4. The van der Waals surface area contributed by atoms with Crippen LogP contribution in [0.3, 0.4) is 0 Å². The molecule has 0 bridgehead atoms. The van der Waals surface area contributed by atoms with Gasteiger partial charge in [0.05, 0.1) is 81.3 Å². The van der Waals surface area contributed by atoms with Crippen molar-refractivity contribution in [1.29, 1.82) is 0 Å². The van der Waals surface area contributed by atoms with E-state index in [2.05, 4.69) is 43.7 Å². The highest BCUT2D eigenvalue weighted by Crippen LogP contribution is 2.58. The molecule has 25 heteroatoms. The van der Waals surface area contributed by atoms with Gasteiger partial charge in [-0.1, -0.05) is 68.2 Å². The van der Waals surface area contributed by atoms with Gasteiger partial charge >= 0.3 is 6.09 Å². The van der Waals surface area contributed by atoms with Crippen LogP contribution in [0.1, 0.15) is 134 Å². The molecule has 9 amide bonds. The van der Waals surface area contributed by atoms with Gasteiger partial charge in [-0.25, -0.2) is 9.69 Å². The van der Waals surface area contributed by atoms with Crippen molar-refractivity contribution in [3.63, 3.8) is 0 Å². The van der Waals surface area contributed by atoms with Gasteiger partial charge in [-0.05, 0) is 135 Å². The average molecular weight is 1350 g/mol. The van der Waals surface area contributed by atoms with Crippen LogP contribution in [-0.4, -0.2) is 159 Å². The molecule has 0 aromatic heterocycles. The van der Waals surface area contributed by atoms with E-state index in [9.17, 15) is 48.3 Å². The molecule has 7 N–H and O–H groups in total. The molecule has 25 nitrogen and oxygen atoms in total. The van der Waals surface area contributed by atoms with E-state index in [1.807, 2.05) is 53.4 Å². The normalized spacial score (nSPS) is 19.0. The smallest absolute Gasteiger partial charge is 0.416 e. The largest absolute Gasteiger partial charge is 0.493 e. The molecule has 5 aromatic rings. The van der Waals surface area contributed by atoms with E-state index in [0.29, 0.717) is 83.9 Å². The maximum atomic E-state index is 14.4. The molecular weight excluding hydrogens is 1270 g/mol. The van der Waals surface area contributed by atoms with Crippen LogP contribution < -0.4 is 60.6 Å². The number of rotatable bonds is 25. The van der Waals surface area contributed by atoms with E-state index in [1.54, 1.807) is 67.2 Å². The van der Waals surface area contributed by atoms with Crippen molar-refractivity contribution in [2.24, 2.45) is 16.7 Å². The quantitative estimate of drug-likeness (QED) is 0.0234. The first-order chi connectivity index (χ1) is 47.7.